The van der Waals surface area contributed by atoms with Gasteiger partial charge in [-0.2, -0.15) is 0 Å². The highest BCUT2D eigenvalue weighted by atomic mass is 32.2. The van der Waals surface area contributed by atoms with Crippen LogP contribution < -0.4 is 11.1 Å². The summed E-state index contributed by atoms with van der Waals surface area (Å²) in [6.07, 6.45) is 6.72. The summed E-state index contributed by atoms with van der Waals surface area (Å²) >= 11 is 2.48. The van der Waals surface area contributed by atoms with Gasteiger partial charge in [-0.05, 0) is 17.2 Å². The first-order chi connectivity index (χ1) is 24.9. The van der Waals surface area contributed by atoms with Gasteiger partial charge in [0, 0.05) is 40.2 Å². The molecule has 13 heteroatoms. The highest BCUT2D eigenvalue weighted by Crippen LogP contribution is 2.42. The van der Waals surface area contributed by atoms with Crippen LogP contribution in [0.4, 0.5) is 5.13 Å². The number of nitrogen functional groups attached to an aromatic ring is 1. The zero-order chi connectivity index (χ0) is 35.4. The van der Waals surface area contributed by atoms with E-state index >= 15 is 0 Å². The van der Waals surface area contributed by atoms with Crippen LogP contribution in [0.5, 0.6) is 0 Å². The van der Waals surface area contributed by atoms with Crippen LogP contribution in [0, 0.1) is 0 Å². The molecule has 51 heavy (non-hydrogen) atoms. The number of nitrogens with one attached hydrogen (secondary N) is 1. The molecule has 4 N–H and O–H groups in total. The summed E-state index contributed by atoms with van der Waals surface area (Å²) in [5.74, 6) is -2.22. The van der Waals surface area contributed by atoms with E-state index in [0.29, 0.717) is 11.3 Å². The van der Waals surface area contributed by atoms with Crippen molar-refractivity contribution in [3.63, 3.8) is 0 Å². The van der Waals surface area contributed by atoms with Crippen molar-refractivity contribution in [3.05, 3.63) is 166 Å². The number of oxime groups is 1. The molecular weight excluding hydrogens is 685 g/mol. The zero-order valence-corrected chi connectivity index (χ0v) is 28.5. The molecular formula is C38H30N6O5S2. The highest BCUT2D eigenvalue weighted by molar-refractivity contribution is 8.00. The Morgan fingerprint density at radius 3 is 2.10 bits per heavy atom. The van der Waals surface area contributed by atoms with Crippen molar-refractivity contribution in [2.24, 2.45) is 5.16 Å². The number of rotatable bonds is 11. The van der Waals surface area contributed by atoms with Crippen LogP contribution in [0.15, 0.2) is 143 Å². The molecule has 254 valence electrons. The van der Waals surface area contributed by atoms with Crippen LogP contribution in [-0.2, 0) is 24.8 Å². The summed E-state index contributed by atoms with van der Waals surface area (Å²) in [6.45, 7) is 0. The van der Waals surface area contributed by atoms with E-state index in [4.69, 9.17) is 10.6 Å². The maximum absolute atomic E-state index is 14.1. The molecule has 2 aliphatic rings. The molecule has 2 atom stereocenters. The lowest BCUT2D eigenvalue weighted by molar-refractivity contribution is -0.150. The van der Waals surface area contributed by atoms with Gasteiger partial charge in [-0.3, -0.25) is 19.5 Å². The number of hydrogen-bond donors (Lipinski definition) is 3. The summed E-state index contributed by atoms with van der Waals surface area (Å²) in [4.78, 5) is 56.3. The molecule has 0 aliphatic carbocycles. The number of benzene rings is 3. The monoisotopic (exact) mass is 714 g/mol. The van der Waals surface area contributed by atoms with Crippen LogP contribution in [0.25, 0.3) is 6.08 Å². The molecule has 0 bridgehead atoms. The fourth-order valence-electron chi connectivity index (χ4n) is 6.04. The summed E-state index contributed by atoms with van der Waals surface area (Å²) in [6, 6.07) is 31.2. The van der Waals surface area contributed by atoms with Crippen molar-refractivity contribution in [3.8, 4) is 0 Å². The number of pyridine rings is 1. The van der Waals surface area contributed by atoms with Crippen molar-refractivity contribution < 1.29 is 24.3 Å². The Bertz CT molecular complexity index is 2060. The van der Waals surface area contributed by atoms with E-state index in [1.165, 1.54) is 16.7 Å². The number of carbonyl (C=O) groups excluding carboxylic acids is 2. The first kappa shape index (κ1) is 33.4. The van der Waals surface area contributed by atoms with E-state index in [1.807, 2.05) is 97.1 Å². The molecule has 5 aromatic rings. The van der Waals surface area contributed by atoms with Gasteiger partial charge in [-0.1, -0.05) is 114 Å². The van der Waals surface area contributed by atoms with E-state index in [9.17, 15) is 19.5 Å². The number of amides is 2. The number of carboxylic acids is 1. The summed E-state index contributed by atoms with van der Waals surface area (Å²) in [5, 5.41) is 18.6. The van der Waals surface area contributed by atoms with Crippen LogP contribution in [0.3, 0.4) is 0 Å². The maximum atomic E-state index is 14.1. The highest BCUT2D eigenvalue weighted by Gasteiger charge is 2.54. The second-order valence-corrected chi connectivity index (χ2v) is 13.5. The Hall–Kier alpha value is -6.05. The molecule has 2 amide bonds. The number of fused-ring (bicyclic) bond motifs is 1. The number of allylic oxidation sites excluding steroid dienone is 1. The Kier molecular flexibility index (Phi) is 9.47. The largest absolute Gasteiger partial charge is 0.477 e. The number of carbonyl (C=O) groups is 3. The number of nitrogens with zero attached hydrogens (tertiary/aromatic N) is 4. The van der Waals surface area contributed by atoms with Gasteiger partial charge in [0.25, 0.3) is 11.8 Å². The molecule has 1 saturated heterocycles. The van der Waals surface area contributed by atoms with Crippen molar-refractivity contribution >= 4 is 57.8 Å². The molecule has 0 spiro atoms. The van der Waals surface area contributed by atoms with Gasteiger partial charge >= 0.3 is 5.97 Å². The van der Waals surface area contributed by atoms with E-state index in [0.717, 1.165) is 33.6 Å². The third-order valence-electron chi connectivity index (χ3n) is 8.44. The zero-order valence-electron chi connectivity index (χ0n) is 26.8. The van der Waals surface area contributed by atoms with Gasteiger partial charge in [-0.15, -0.1) is 23.1 Å². The Morgan fingerprint density at radius 2 is 1.57 bits per heavy atom. The van der Waals surface area contributed by atoms with Gasteiger partial charge < -0.3 is 21.0 Å². The van der Waals surface area contributed by atoms with Crippen molar-refractivity contribution in [2.45, 2.75) is 17.0 Å². The fraction of sp³-hybridized carbons (Fsp3) is 0.105. The SMILES string of the molecule is Nc1nc(/C(=N\OC(c2ccccc2)(c2ccccc2)c2ccccc2)C(=O)N[C@@H]2C(=O)N3C(C(=O)O)=C(/C=C\c4cccnc4)CS[C@H]23)cs1. The van der Waals surface area contributed by atoms with Gasteiger partial charge in [0.15, 0.2) is 10.8 Å². The topological polar surface area (TPSA) is 160 Å². The summed E-state index contributed by atoms with van der Waals surface area (Å²) in [5.41, 5.74) is 8.06. The number of hydrogen-bond acceptors (Lipinski definition) is 10. The number of nitrogens with two attached hydrogens (primary N) is 1. The predicted molar refractivity (Wildman–Crippen MR) is 196 cm³/mol. The molecule has 4 heterocycles. The smallest absolute Gasteiger partial charge is 0.352 e. The molecule has 1 fully saturated rings. The van der Waals surface area contributed by atoms with Crippen LogP contribution in [0.1, 0.15) is 27.9 Å². The van der Waals surface area contributed by atoms with E-state index in [2.05, 4.69) is 20.4 Å². The van der Waals surface area contributed by atoms with Crippen molar-refractivity contribution in [1.29, 1.82) is 0 Å². The van der Waals surface area contributed by atoms with E-state index in [1.54, 1.807) is 36.0 Å². The molecule has 0 radical (unpaired) electrons. The maximum Gasteiger partial charge on any atom is 0.352 e. The lowest BCUT2D eigenvalue weighted by atomic mass is 9.80. The standard InChI is InChI=1S/C38H30N6O5S2/c39-37-41-29(23-51-37)30(43-49-38(26-12-4-1-5-13-26,27-14-6-2-7-15-27)28-16-8-3-9-17-28)33(45)42-31-34(46)44-32(36(47)48)25(22-50-35(31)44)19-18-24-11-10-20-40-21-24/h1-21,23,31,35H,22H2,(H2,39,41)(H,42,45)(H,47,48)/b19-18-,43-30+/t31-,35-/m1/s1. The number of aliphatic carboxylic acids is 1. The Morgan fingerprint density at radius 1 is 0.941 bits per heavy atom. The summed E-state index contributed by atoms with van der Waals surface area (Å²) < 4.78 is 0. The second kappa shape index (κ2) is 14.4. The number of carboxylic acid groups (broad SMARTS) is 1. The number of anilines is 1. The van der Waals surface area contributed by atoms with Gasteiger partial charge in [0.2, 0.25) is 5.60 Å². The van der Waals surface area contributed by atoms with Crippen molar-refractivity contribution in [2.75, 3.05) is 11.5 Å². The van der Waals surface area contributed by atoms with Crippen LogP contribution >= 0.6 is 23.1 Å². The fourth-order valence-corrected chi connectivity index (χ4v) is 7.91. The van der Waals surface area contributed by atoms with Crippen LogP contribution in [-0.4, -0.2) is 60.6 Å². The second-order valence-electron chi connectivity index (χ2n) is 11.5. The van der Waals surface area contributed by atoms with Crippen molar-refractivity contribution in [1.82, 2.24) is 20.2 Å². The van der Waals surface area contributed by atoms with Gasteiger partial charge in [0.05, 0.1) is 0 Å². The molecule has 7 rings (SSSR count). The Balaban J connectivity index is 1.22. The first-order valence-corrected chi connectivity index (χ1v) is 17.7. The minimum Gasteiger partial charge on any atom is -0.477 e. The number of β-lactam (4-membered cyclic amide) rings is 1. The minimum atomic E-state index is -1.29. The van der Waals surface area contributed by atoms with E-state index in [-0.39, 0.29) is 22.2 Å². The first-order valence-electron chi connectivity index (χ1n) is 15.8. The molecule has 3 aromatic carbocycles. The Labute approximate surface area is 301 Å². The van der Waals surface area contributed by atoms with Gasteiger partial charge in [-0.25, -0.2) is 9.78 Å². The lowest BCUT2D eigenvalue weighted by Crippen LogP contribution is -2.71. The average Bonchev–Trinajstić information content (AvgIpc) is 3.61. The average molecular weight is 715 g/mol. The molecule has 0 saturated carbocycles. The molecule has 2 aromatic heterocycles. The number of aromatic nitrogens is 2. The quantitative estimate of drug-likeness (QED) is 0.0716. The lowest BCUT2D eigenvalue weighted by Gasteiger charge is -2.49. The molecule has 11 nitrogen and oxygen atoms in total. The third kappa shape index (κ3) is 6.52. The molecule has 2 aliphatic heterocycles. The molecule has 0 unspecified atom stereocenters. The number of thioether (sulfide) groups is 1. The van der Waals surface area contributed by atoms with Gasteiger partial charge in [0.1, 0.15) is 22.8 Å². The number of thiazole rings is 1. The normalized spacial score (nSPS) is 17.5. The van der Waals surface area contributed by atoms with Crippen LogP contribution in [0.2, 0.25) is 0 Å². The third-order valence-corrected chi connectivity index (χ3v) is 10.4. The summed E-state index contributed by atoms with van der Waals surface area (Å²) in [7, 11) is 0. The van der Waals surface area contributed by atoms with E-state index < -0.39 is 34.8 Å². The predicted octanol–water partition coefficient (Wildman–Crippen LogP) is 5.29. The minimum absolute atomic E-state index is 0.128.